The van der Waals surface area contributed by atoms with Crippen LogP contribution in [0.3, 0.4) is 0 Å². The highest BCUT2D eigenvalue weighted by atomic mass is 16.3. The van der Waals surface area contributed by atoms with Gasteiger partial charge in [-0.05, 0) is 31.6 Å². The molecule has 2 aliphatic carbocycles. The number of nitrogens with two attached hydrogens (primary N) is 1. The first kappa shape index (κ1) is 11.9. The van der Waals surface area contributed by atoms with Crippen LogP contribution in [-0.2, 0) is 4.79 Å². The normalized spacial score (nSPS) is 32.1. The summed E-state index contributed by atoms with van der Waals surface area (Å²) in [7, 11) is 0. The summed E-state index contributed by atoms with van der Waals surface area (Å²) in [6.45, 7) is 1.17. The van der Waals surface area contributed by atoms with Crippen LogP contribution in [0.5, 0.6) is 0 Å². The Morgan fingerprint density at radius 3 is 2.50 bits per heavy atom. The fourth-order valence-corrected chi connectivity index (χ4v) is 2.87. The van der Waals surface area contributed by atoms with Crippen LogP contribution in [0.2, 0.25) is 0 Å². The van der Waals surface area contributed by atoms with Gasteiger partial charge in [-0.15, -0.1) is 0 Å². The minimum absolute atomic E-state index is 0.133. The van der Waals surface area contributed by atoms with E-state index in [1.807, 2.05) is 0 Å². The molecule has 0 aromatic heterocycles. The lowest BCUT2D eigenvalue weighted by atomic mass is 9.81. The van der Waals surface area contributed by atoms with Crippen molar-refractivity contribution in [3.8, 4) is 0 Å². The molecule has 0 spiro atoms. The lowest BCUT2D eigenvalue weighted by Crippen LogP contribution is -2.47. The minimum atomic E-state index is -0.289. The summed E-state index contributed by atoms with van der Waals surface area (Å²) in [5.41, 5.74) is 5.45. The minimum Gasteiger partial charge on any atom is -0.393 e. The van der Waals surface area contributed by atoms with Gasteiger partial charge in [-0.25, -0.2) is 0 Å². The van der Waals surface area contributed by atoms with Gasteiger partial charge in [-0.3, -0.25) is 4.79 Å². The van der Waals surface area contributed by atoms with Gasteiger partial charge in [0.2, 0.25) is 5.91 Å². The zero-order valence-electron chi connectivity index (χ0n) is 9.74. The molecule has 0 unspecified atom stereocenters. The second-order valence-electron chi connectivity index (χ2n) is 5.39. The summed E-state index contributed by atoms with van der Waals surface area (Å²) < 4.78 is 0. The van der Waals surface area contributed by atoms with E-state index in [-0.39, 0.29) is 17.4 Å². The van der Waals surface area contributed by atoms with Crippen molar-refractivity contribution in [2.24, 2.45) is 17.1 Å². The number of carbonyl (C=O) groups is 1. The van der Waals surface area contributed by atoms with Crippen molar-refractivity contribution < 1.29 is 9.90 Å². The predicted molar refractivity (Wildman–Crippen MR) is 61.7 cm³/mol. The molecule has 16 heavy (non-hydrogen) atoms. The number of hydrogen-bond donors (Lipinski definition) is 3. The third-order valence-electron chi connectivity index (χ3n) is 4.20. The molecule has 0 saturated heterocycles. The maximum Gasteiger partial charge on any atom is 0.227 e. The Balaban J connectivity index is 1.78. The second-order valence-corrected chi connectivity index (χ2v) is 5.39. The summed E-state index contributed by atoms with van der Waals surface area (Å²) in [6, 6.07) is 0. The monoisotopic (exact) mass is 226 g/mol. The molecular weight excluding hydrogens is 204 g/mol. The van der Waals surface area contributed by atoms with Gasteiger partial charge >= 0.3 is 0 Å². The SMILES string of the molecule is NCC1(C(=O)NCC2CC(O)C2)CCCC1. The summed E-state index contributed by atoms with van der Waals surface area (Å²) in [4.78, 5) is 12.1. The third kappa shape index (κ3) is 2.23. The van der Waals surface area contributed by atoms with Crippen molar-refractivity contribution in [1.29, 1.82) is 0 Å². The molecule has 0 aromatic carbocycles. The van der Waals surface area contributed by atoms with Crippen molar-refractivity contribution in [1.82, 2.24) is 5.32 Å². The molecule has 4 heteroatoms. The first-order valence-corrected chi connectivity index (χ1v) is 6.33. The number of nitrogens with one attached hydrogen (secondary N) is 1. The Kier molecular flexibility index (Phi) is 3.50. The molecule has 1 amide bonds. The molecule has 0 radical (unpaired) electrons. The van der Waals surface area contributed by atoms with Crippen molar-refractivity contribution in [3.05, 3.63) is 0 Å². The van der Waals surface area contributed by atoms with Crippen LogP contribution in [0.1, 0.15) is 38.5 Å². The van der Waals surface area contributed by atoms with Gasteiger partial charge in [0.15, 0.2) is 0 Å². The van der Waals surface area contributed by atoms with Crippen LogP contribution in [0, 0.1) is 11.3 Å². The molecule has 4 nitrogen and oxygen atoms in total. The van der Waals surface area contributed by atoms with E-state index in [4.69, 9.17) is 10.8 Å². The molecule has 2 saturated carbocycles. The van der Waals surface area contributed by atoms with Crippen molar-refractivity contribution >= 4 is 5.91 Å². The molecule has 2 fully saturated rings. The molecule has 92 valence electrons. The molecule has 0 aromatic rings. The Morgan fingerprint density at radius 1 is 1.38 bits per heavy atom. The van der Waals surface area contributed by atoms with Crippen molar-refractivity contribution in [3.63, 3.8) is 0 Å². The molecule has 0 atom stereocenters. The molecule has 0 bridgehead atoms. The van der Waals surface area contributed by atoms with Gasteiger partial charge in [0.05, 0.1) is 11.5 Å². The van der Waals surface area contributed by atoms with Crippen LogP contribution in [0.4, 0.5) is 0 Å². The Bertz CT molecular complexity index is 256. The van der Waals surface area contributed by atoms with Crippen LogP contribution in [-0.4, -0.2) is 30.2 Å². The smallest absolute Gasteiger partial charge is 0.227 e. The summed E-state index contributed by atoms with van der Waals surface area (Å²) >= 11 is 0. The third-order valence-corrected chi connectivity index (χ3v) is 4.20. The maximum absolute atomic E-state index is 12.1. The first-order chi connectivity index (χ1) is 7.66. The van der Waals surface area contributed by atoms with E-state index < -0.39 is 0 Å². The summed E-state index contributed by atoms with van der Waals surface area (Å²) in [6.07, 6.45) is 5.62. The Labute approximate surface area is 96.6 Å². The zero-order chi connectivity index (χ0) is 11.6. The second kappa shape index (κ2) is 4.72. The Hall–Kier alpha value is -0.610. The van der Waals surface area contributed by atoms with Crippen LogP contribution >= 0.6 is 0 Å². The molecule has 0 aliphatic heterocycles. The van der Waals surface area contributed by atoms with Gasteiger partial charge < -0.3 is 16.2 Å². The van der Waals surface area contributed by atoms with E-state index in [0.29, 0.717) is 19.0 Å². The summed E-state index contributed by atoms with van der Waals surface area (Å²) in [5.74, 6) is 0.601. The number of amides is 1. The summed E-state index contributed by atoms with van der Waals surface area (Å²) in [5, 5.41) is 12.2. The topological polar surface area (TPSA) is 75.4 Å². The highest BCUT2D eigenvalue weighted by Crippen LogP contribution is 2.37. The van der Waals surface area contributed by atoms with E-state index in [0.717, 1.165) is 38.5 Å². The number of aliphatic hydroxyl groups excluding tert-OH is 1. The predicted octanol–water partition coefficient (Wildman–Crippen LogP) is 0.393. The van der Waals surface area contributed by atoms with Crippen molar-refractivity contribution in [2.75, 3.05) is 13.1 Å². The van der Waals surface area contributed by atoms with Crippen LogP contribution < -0.4 is 11.1 Å². The van der Waals surface area contributed by atoms with E-state index in [2.05, 4.69) is 5.32 Å². The fourth-order valence-electron chi connectivity index (χ4n) is 2.87. The average molecular weight is 226 g/mol. The molecule has 4 N–H and O–H groups in total. The van der Waals surface area contributed by atoms with Gasteiger partial charge in [0, 0.05) is 13.1 Å². The lowest BCUT2D eigenvalue weighted by Gasteiger charge is -2.33. The van der Waals surface area contributed by atoms with Gasteiger partial charge in [0.1, 0.15) is 0 Å². The Morgan fingerprint density at radius 2 is 2.00 bits per heavy atom. The maximum atomic E-state index is 12.1. The van der Waals surface area contributed by atoms with Crippen molar-refractivity contribution in [2.45, 2.75) is 44.6 Å². The standard InChI is InChI=1S/C12H22N2O2/c13-8-12(3-1-2-4-12)11(16)14-7-9-5-10(15)6-9/h9-10,15H,1-8,13H2,(H,14,16). The molecular formula is C12H22N2O2. The highest BCUT2D eigenvalue weighted by molar-refractivity contribution is 5.83. The largest absolute Gasteiger partial charge is 0.393 e. The first-order valence-electron chi connectivity index (χ1n) is 6.33. The number of hydrogen-bond acceptors (Lipinski definition) is 3. The van der Waals surface area contributed by atoms with Gasteiger partial charge in [-0.2, -0.15) is 0 Å². The van der Waals surface area contributed by atoms with Gasteiger partial charge in [-0.1, -0.05) is 12.8 Å². The quantitative estimate of drug-likeness (QED) is 0.649. The fraction of sp³-hybridized carbons (Fsp3) is 0.917. The molecule has 0 heterocycles. The van der Waals surface area contributed by atoms with Gasteiger partial charge in [0.25, 0.3) is 0 Å². The van der Waals surface area contributed by atoms with E-state index >= 15 is 0 Å². The van der Waals surface area contributed by atoms with E-state index in [1.165, 1.54) is 0 Å². The number of rotatable bonds is 4. The van der Waals surface area contributed by atoms with Crippen LogP contribution in [0.25, 0.3) is 0 Å². The average Bonchev–Trinajstić information content (AvgIpc) is 2.72. The highest BCUT2D eigenvalue weighted by Gasteiger charge is 2.40. The zero-order valence-corrected chi connectivity index (χ0v) is 9.74. The molecule has 2 aliphatic rings. The van der Waals surface area contributed by atoms with Crippen LogP contribution in [0.15, 0.2) is 0 Å². The van der Waals surface area contributed by atoms with E-state index in [1.54, 1.807) is 0 Å². The number of carbonyl (C=O) groups excluding carboxylic acids is 1. The lowest BCUT2D eigenvalue weighted by molar-refractivity contribution is -0.130. The number of aliphatic hydroxyl groups is 1. The molecule has 2 rings (SSSR count). The van der Waals surface area contributed by atoms with E-state index in [9.17, 15) is 4.79 Å².